The third kappa shape index (κ3) is 3.32. The van der Waals surface area contributed by atoms with Crippen LogP contribution in [0.15, 0.2) is 46.9 Å². The zero-order valence-corrected chi connectivity index (χ0v) is 13.4. The van der Waals surface area contributed by atoms with E-state index >= 15 is 0 Å². The summed E-state index contributed by atoms with van der Waals surface area (Å²) >= 11 is 3.61. The Kier molecular flexibility index (Phi) is 5.04. The monoisotopic (exact) mass is 334 g/mol. The van der Waals surface area contributed by atoms with E-state index in [9.17, 15) is 0 Å². The molecule has 0 aliphatic carbocycles. The highest BCUT2D eigenvalue weighted by atomic mass is 79.9. The molecule has 0 saturated carbocycles. The van der Waals surface area contributed by atoms with Crippen molar-refractivity contribution >= 4 is 21.6 Å². The second-order valence-corrected chi connectivity index (χ2v) is 5.51. The molecule has 2 N–H and O–H groups in total. The lowest BCUT2D eigenvalue weighted by molar-refractivity contribution is 0.415. The first-order valence-corrected chi connectivity index (χ1v) is 7.26. The highest BCUT2D eigenvalue weighted by Gasteiger charge is 2.09. The Morgan fingerprint density at radius 1 is 1.20 bits per heavy atom. The third-order valence-electron chi connectivity index (χ3n) is 3.26. The number of ether oxygens (including phenoxy) is 1. The van der Waals surface area contributed by atoms with Crippen LogP contribution in [0.1, 0.15) is 11.1 Å². The third-order valence-corrected chi connectivity index (χ3v) is 4.00. The normalized spacial score (nSPS) is 10.4. The van der Waals surface area contributed by atoms with Crippen LogP contribution in [0, 0.1) is 0 Å². The summed E-state index contributed by atoms with van der Waals surface area (Å²) in [7, 11) is 3.75. The molecule has 0 spiro atoms. The van der Waals surface area contributed by atoms with Gasteiger partial charge in [-0.3, -0.25) is 0 Å². The molecular weight excluding hydrogens is 316 g/mol. The van der Waals surface area contributed by atoms with E-state index in [0.717, 1.165) is 28.0 Å². The van der Waals surface area contributed by atoms with Crippen molar-refractivity contribution in [3.8, 4) is 5.75 Å². The molecule has 0 atom stereocenters. The van der Waals surface area contributed by atoms with E-state index in [2.05, 4.69) is 52.1 Å². The summed E-state index contributed by atoms with van der Waals surface area (Å²) < 4.78 is 6.49. The van der Waals surface area contributed by atoms with E-state index in [0.29, 0.717) is 6.54 Å². The van der Waals surface area contributed by atoms with Crippen LogP contribution in [0.3, 0.4) is 0 Å². The molecule has 2 rings (SSSR count). The van der Waals surface area contributed by atoms with Crippen molar-refractivity contribution in [2.75, 3.05) is 19.1 Å². The van der Waals surface area contributed by atoms with Gasteiger partial charge in [0.1, 0.15) is 5.75 Å². The summed E-state index contributed by atoms with van der Waals surface area (Å²) in [6.45, 7) is 1.35. The lowest BCUT2D eigenvalue weighted by Crippen LogP contribution is -2.17. The van der Waals surface area contributed by atoms with Crippen LogP contribution in [0.4, 0.5) is 5.69 Å². The number of nitrogens with two attached hydrogens (primary N) is 1. The fourth-order valence-electron chi connectivity index (χ4n) is 2.13. The Morgan fingerprint density at radius 3 is 2.60 bits per heavy atom. The van der Waals surface area contributed by atoms with Gasteiger partial charge in [0.15, 0.2) is 0 Å². The van der Waals surface area contributed by atoms with Crippen LogP contribution in [0.25, 0.3) is 0 Å². The van der Waals surface area contributed by atoms with Crippen molar-refractivity contribution in [3.63, 3.8) is 0 Å². The average Bonchev–Trinajstić information content (AvgIpc) is 2.49. The maximum Gasteiger partial charge on any atom is 0.142 e. The highest BCUT2D eigenvalue weighted by Crippen LogP contribution is 2.29. The smallest absolute Gasteiger partial charge is 0.142 e. The second kappa shape index (κ2) is 6.77. The van der Waals surface area contributed by atoms with Gasteiger partial charge in [-0.25, -0.2) is 0 Å². The number of para-hydroxylation sites is 2. The molecule has 2 aromatic rings. The molecule has 0 saturated heterocycles. The predicted molar refractivity (Wildman–Crippen MR) is 87.1 cm³/mol. The number of anilines is 1. The summed E-state index contributed by atoms with van der Waals surface area (Å²) in [6.07, 6.45) is 0. The Bertz CT molecular complexity index is 586. The van der Waals surface area contributed by atoms with Crippen molar-refractivity contribution in [1.82, 2.24) is 0 Å². The average molecular weight is 335 g/mol. The summed E-state index contributed by atoms with van der Waals surface area (Å²) in [4.78, 5) is 2.17. The highest BCUT2D eigenvalue weighted by molar-refractivity contribution is 9.10. The lowest BCUT2D eigenvalue weighted by atomic mass is 10.1. The quantitative estimate of drug-likeness (QED) is 0.908. The molecule has 4 heteroatoms. The van der Waals surface area contributed by atoms with Crippen LogP contribution in [-0.2, 0) is 13.1 Å². The lowest BCUT2D eigenvalue weighted by Gasteiger charge is -2.22. The van der Waals surface area contributed by atoms with E-state index in [4.69, 9.17) is 10.5 Å². The maximum atomic E-state index is 5.65. The SMILES string of the molecule is COc1ccccc1N(C)Cc1ccc(CN)cc1Br. The van der Waals surface area contributed by atoms with Gasteiger partial charge in [0.25, 0.3) is 0 Å². The number of rotatable bonds is 5. The van der Waals surface area contributed by atoms with Gasteiger partial charge < -0.3 is 15.4 Å². The van der Waals surface area contributed by atoms with Crippen molar-refractivity contribution < 1.29 is 4.74 Å². The molecule has 106 valence electrons. The van der Waals surface area contributed by atoms with E-state index in [1.54, 1.807) is 7.11 Å². The van der Waals surface area contributed by atoms with Gasteiger partial charge in [-0.05, 0) is 29.3 Å². The Morgan fingerprint density at radius 2 is 1.95 bits per heavy atom. The van der Waals surface area contributed by atoms with Gasteiger partial charge in [0, 0.05) is 24.6 Å². The molecule has 3 nitrogen and oxygen atoms in total. The zero-order chi connectivity index (χ0) is 14.5. The Balaban J connectivity index is 2.21. The van der Waals surface area contributed by atoms with Crippen molar-refractivity contribution in [2.45, 2.75) is 13.1 Å². The number of benzene rings is 2. The van der Waals surface area contributed by atoms with Crippen LogP contribution in [0.2, 0.25) is 0 Å². The van der Waals surface area contributed by atoms with E-state index in [1.807, 2.05) is 18.2 Å². The van der Waals surface area contributed by atoms with Gasteiger partial charge in [0.2, 0.25) is 0 Å². The minimum absolute atomic E-state index is 0.557. The minimum atomic E-state index is 0.557. The number of halogens is 1. The number of hydrogen-bond acceptors (Lipinski definition) is 3. The zero-order valence-electron chi connectivity index (χ0n) is 11.8. The molecule has 0 aliphatic rings. The summed E-state index contributed by atoms with van der Waals surface area (Å²) in [5.41, 5.74) is 9.07. The fourth-order valence-corrected chi connectivity index (χ4v) is 2.68. The largest absolute Gasteiger partial charge is 0.495 e. The molecule has 0 bridgehead atoms. The van der Waals surface area contributed by atoms with Crippen LogP contribution in [-0.4, -0.2) is 14.2 Å². The van der Waals surface area contributed by atoms with Gasteiger partial charge in [0.05, 0.1) is 12.8 Å². The Hall–Kier alpha value is -1.52. The molecule has 0 heterocycles. The van der Waals surface area contributed by atoms with E-state index < -0.39 is 0 Å². The number of methoxy groups -OCH3 is 1. The molecular formula is C16H19BrN2O. The molecule has 0 fully saturated rings. The number of nitrogens with zero attached hydrogens (tertiary/aromatic N) is 1. The number of hydrogen-bond donors (Lipinski definition) is 1. The summed E-state index contributed by atoms with van der Waals surface area (Å²) in [5, 5.41) is 0. The predicted octanol–water partition coefficient (Wildman–Crippen LogP) is 3.55. The molecule has 0 unspecified atom stereocenters. The molecule has 0 aromatic heterocycles. The summed E-state index contributed by atoms with van der Waals surface area (Å²) in [5.74, 6) is 0.879. The van der Waals surface area contributed by atoms with Gasteiger partial charge in [-0.15, -0.1) is 0 Å². The van der Waals surface area contributed by atoms with Crippen molar-refractivity contribution in [2.24, 2.45) is 5.73 Å². The van der Waals surface area contributed by atoms with Crippen LogP contribution < -0.4 is 15.4 Å². The first-order chi connectivity index (χ1) is 9.65. The molecule has 0 radical (unpaired) electrons. The minimum Gasteiger partial charge on any atom is -0.495 e. The molecule has 20 heavy (non-hydrogen) atoms. The van der Waals surface area contributed by atoms with E-state index in [-0.39, 0.29) is 0 Å². The van der Waals surface area contributed by atoms with Crippen molar-refractivity contribution in [1.29, 1.82) is 0 Å². The standard InChI is InChI=1S/C16H19BrN2O/c1-19(15-5-3-4-6-16(15)20-2)11-13-8-7-12(10-18)9-14(13)17/h3-9H,10-11,18H2,1-2H3. The fraction of sp³-hybridized carbons (Fsp3) is 0.250. The second-order valence-electron chi connectivity index (χ2n) is 4.66. The van der Waals surface area contributed by atoms with Gasteiger partial charge in [-0.1, -0.05) is 40.2 Å². The first-order valence-electron chi connectivity index (χ1n) is 6.47. The van der Waals surface area contributed by atoms with Crippen LogP contribution >= 0.6 is 15.9 Å². The van der Waals surface area contributed by atoms with Gasteiger partial charge >= 0.3 is 0 Å². The van der Waals surface area contributed by atoms with Gasteiger partial charge in [-0.2, -0.15) is 0 Å². The first kappa shape index (κ1) is 14.9. The van der Waals surface area contributed by atoms with Crippen LogP contribution in [0.5, 0.6) is 5.75 Å². The maximum absolute atomic E-state index is 5.65. The molecule has 2 aromatic carbocycles. The summed E-state index contributed by atoms with van der Waals surface area (Å²) in [6, 6.07) is 14.3. The molecule has 0 aliphatic heterocycles. The van der Waals surface area contributed by atoms with Crippen molar-refractivity contribution in [3.05, 3.63) is 58.1 Å². The topological polar surface area (TPSA) is 38.5 Å². The Labute approximate surface area is 128 Å². The molecule has 0 amide bonds. The van der Waals surface area contributed by atoms with E-state index in [1.165, 1.54) is 5.56 Å².